The highest BCUT2D eigenvalue weighted by Crippen LogP contribution is 2.49. The van der Waals surface area contributed by atoms with Gasteiger partial charge in [-0.25, -0.2) is 4.98 Å². The second-order valence-corrected chi connectivity index (χ2v) is 7.15. The summed E-state index contributed by atoms with van der Waals surface area (Å²) in [7, 11) is 2.07. The Bertz CT molecular complexity index is 911. The highest BCUT2D eigenvalue weighted by atomic mass is 15.2. The molecule has 1 aliphatic rings. The van der Waals surface area contributed by atoms with Crippen molar-refractivity contribution in [3.63, 3.8) is 0 Å². The normalized spacial score (nSPS) is 14.2. The number of hydrogen-bond acceptors (Lipinski definition) is 2. The number of aryl methyl sites for hydroxylation is 1. The largest absolute Gasteiger partial charge is 0.329 e. The van der Waals surface area contributed by atoms with Gasteiger partial charge in [-0.15, -0.1) is 0 Å². The van der Waals surface area contributed by atoms with Crippen molar-refractivity contribution in [2.24, 2.45) is 0 Å². The van der Waals surface area contributed by atoms with Crippen LogP contribution >= 0.6 is 0 Å². The Morgan fingerprint density at radius 2 is 1.58 bits per heavy atom. The summed E-state index contributed by atoms with van der Waals surface area (Å²) < 4.78 is 0. The minimum absolute atomic E-state index is 0.0254. The first-order chi connectivity index (χ1) is 11.5. The van der Waals surface area contributed by atoms with Gasteiger partial charge in [0.2, 0.25) is 0 Å². The molecule has 0 saturated heterocycles. The van der Waals surface area contributed by atoms with E-state index in [9.17, 15) is 0 Å². The number of pyridine rings is 1. The second kappa shape index (κ2) is 5.20. The Labute approximate surface area is 143 Å². The molecule has 0 atom stereocenters. The maximum atomic E-state index is 4.46. The number of anilines is 2. The standard InChI is InChI=1S/C22H22N2/c1-15-8-10-17-18-11-9-16(24(4)21-7-5-6-12-23-21)14-20(18)22(2,3)19(17)13-15/h5-14H,1-4H3. The van der Waals surface area contributed by atoms with E-state index >= 15 is 0 Å². The maximum absolute atomic E-state index is 4.46. The lowest BCUT2D eigenvalue weighted by molar-refractivity contribution is 0.659. The van der Waals surface area contributed by atoms with Crippen molar-refractivity contribution in [3.8, 4) is 11.1 Å². The van der Waals surface area contributed by atoms with Crippen LogP contribution in [0.1, 0.15) is 30.5 Å². The number of fused-ring (bicyclic) bond motifs is 3. The lowest BCUT2D eigenvalue weighted by Crippen LogP contribution is -2.17. The van der Waals surface area contributed by atoms with E-state index in [-0.39, 0.29) is 5.41 Å². The molecule has 0 radical (unpaired) electrons. The first-order valence-corrected chi connectivity index (χ1v) is 8.39. The van der Waals surface area contributed by atoms with Crippen molar-refractivity contribution >= 4 is 11.5 Å². The smallest absolute Gasteiger partial charge is 0.132 e. The number of benzene rings is 2. The van der Waals surface area contributed by atoms with E-state index in [1.165, 1.54) is 33.5 Å². The maximum Gasteiger partial charge on any atom is 0.132 e. The molecule has 2 heteroatoms. The van der Waals surface area contributed by atoms with E-state index in [2.05, 4.69) is 74.1 Å². The zero-order valence-corrected chi connectivity index (χ0v) is 14.7. The predicted molar refractivity (Wildman–Crippen MR) is 101 cm³/mol. The molecule has 0 aliphatic heterocycles. The lowest BCUT2D eigenvalue weighted by Gasteiger charge is -2.24. The summed E-state index contributed by atoms with van der Waals surface area (Å²) in [5.41, 5.74) is 8.06. The molecule has 0 spiro atoms. The Balaban J connectivity index is 1.83. The summed E-state index contributed by atoms with van der Waals surface area (Å²) in [6.45, 7) is 6.81. The van der Waals surface area contributed by atoms with Crippen LogP contribution in [0, 0.1) is 6.92 Å². The molecule has 0 bridgehead atoms. The molecule has 1 aliphatic carbocycles. The first kappa shape index (κ1) is 14.9. The Morgan fingerprint density at radius 3 is 2.29 bits per heavy atom. The van der Waals surface area contributed by atoms with Crippen LogP contribution in [-0.4, -0.2) is 12.0 Å². The van der Waals surface area contributed by atoms with Crippen LogP contribution in [0.4, 0.5) is 11.5 Å². The van der Waals surface area contributed by atoms with Gasteiger partial charge in [0.1, 0.15) is 5.82 Å². The van der Waals surface area contributed by atoms with Crippen LogP contribution < -0.4 is 4.90 Å². The van der Waals surface area contributed by atoms with Crippen molar-refractivity contribution in [1.29, 1.82) is 0 Å². The first-order valence-electron chi connectivity index (χ1n) is 8.39. The van der Waals surface area contributed by atoms with Crippen LogP contribution in [0.3, 0.4) is 0 Å². The van der Waals surface area contributed by atoms with Crippen molar-refractivity contribution < 1.29 is 0 Å². The third-order valence-corrected chi connectivity index (χ3v) is 5.20. The zero-order chi connectivity index (χ0) is 16.9. The molecule has 0 amide bonds. The molecule has 0 N–H and O–H groups in total. The molecule has 24 heavy (non-hydrogen) atoms. The zero-order valence-electron chi connectivity index (χ0n) is 14.7. The average Bonchev–Trinajstić information content (AvgIpc) is 2.82. The van der Waals surface area contributed by atoms with Crippen LogP contribution in [0.15, 0.2) is 60.8 Å². The molecular formula is C22H22N2. The number of hydrogen-bond donors (Lipinski definition) is 0. The summed E-state index contributed by atoms with van der Waals surface area (Å²) in [5.74, 6) is 0.960. The van der Waals surface area contributed by atoms with Crippen molar-refractivity contribution in [2.75, 3.05) is 11.9 Å². The molecule has 0 saturated carbocycles. The van der Waals surface area contributed by atoms with E-state index in [1.807, 2.05) is 24.4 Å². The molecule has 3 aromatic rings. The Hall–Kier alpha value is -2.61. The van der Waals surface area contributed by atoms with Crippen LogP contribution in [0.5, 0.6) is 0 Å². The molecular weight excluding hydrogens is 292 g/mol. The van der Waals surface area contributed by atoms with Crippen molar-refractivity contribution in [1.82, 2.24) is 4.98 Å². The molecule has 1 aromatic heterocycles. The van der Waals surface area contributed by atoms with E-state index in [0.29, 0.717) is 0 Å². The Morgan fingerprint density at radius 1 is 0.875 bits per heavy atom. The third kappa shape index (κ3) is 2.14. The monoisotopic (exact) mass is 314 g/mol. The summed E-state index contributed by atoms with van der Waals surface area (Å²) in [4.78, 5) is 6.61. The number of aromatic nitrogens is 1. The summed E-state index contributed by atoms with van der Waals surface area (Å²) in [5, 5.41) is 0. The highest BCUT2D eigenvalue weighted by Gasteiger charge is 2.35. The van der Waals surface area contributed by atoms with Gasteiger partial charge in [-0.2, -0.15) is 0 Å². The summed E-state index contributed by atoms with van der Waals surface area (Å²) >= 11 is 0. The third-order valence-electron chi connectivity index (χ3n) is 5.20. The van der Waals surface area contributed by atoms with Gasteiger partial charge in [0.15, 0.2) is 0 Å². The van der Waals surface area contributed by atoms with Crippen LogP contribution in [0.25, 0.3) is 11.1 Å². The molecule has 0 fully saturated rings. The highest BCUT2D eigenvalue weighted by molar-refractivity contribution is 5.83. The number of rotatable bonds is 2. The summed E-state index contributed by atoms with van der Waals surface area (Å²) in [6, 6.07) is 19.6. The van der Waals surface area contributed by atoms with Gasteiger partial charge >= 0.3 is 0 Å². The van der Waals surface area contributed by atoms with Crippen molar-refractivity contribution in [2.45, 2.75) is 26.2 Å². The van der Waals surface area contributed by atoms with Gasteiger partial charge in [0, 0.05) is 24.3 Å². The van der Waals surface area contributed by atoms with Crippen LogP contribution in [0.2, 0.25) is 0 Å². The van der Waals surface area contributed by atoms with Gasteiger partial charge < -0.3 is 4.90 Å². The van der Waals surface area contributed by atoms with Gasteiger partial charge in [-0.05, 0) is 53.4 Å². The SMILES string of the molecule is Cc1ccc2c(c1)C(C)(C)c1cc(N(C)c3ccccn3)ccc1-2. The van der Waals surface area contributed by atoms with Crippen LogP contribution in [-0.2, 0) is 5.41 Å². The quantitative estimate of drug-likeness (QED) is 0.624. The molecule has 2 nitrogen and oxygen atoms in total. The molecule has 2 aromatic carbocycles. The van der Waals surface area contributed by atoms with E-state index in [0.717, 1.165) is 5.82 Å². The van der Waals surface area contributed by atoms with E-state index in [1.54, 1.807) is 0 Å². The van der Waals surface area contributed by atoms with Gasteiger partial charge in [-0.3, -0.25) is 0 Å². The topological polar surface area (TPSA) is 16.1 Å². The number of nitrogens with zero attached hydrogens (tertiary/aromatic N) is 2. The minimum Gasteiger partial charge on any atom is -0.329 e. The summed E-state index contributed by atoms with van der Waals surface area (Å²) in [6.07, 6.45) is 1.84. The average molecular weight is 314 g/mol. The predicted octanol–water partition coefficient (Wildman–Crippen LogP) is 5.46. The lowest BCUT2D eigenvalue weighted by atomic mass is 9.82. The fraction of sp³-hybridized carbons (Fsp3) is 0.227. The molecule has 120 valence electrons. The van der Waals surface area contributed by atoms with Gasteiger partial charge in [0.05, 0.1) is 0 Å². The second-order valence-electron chi connectivity index (χ2n) is 7.15. The minimum atomic E-state index is 0.0254. The molecule has 0 unspecified atom stereocenters. The molecule has 1 heterocycles. The van der Waals surface area contributed by atoms with E-state index < -0.39 is 0 Å². The van der Waals surface area contributed by atoms with Gasteiger partial charge in [-0.1, -0.05) is 49.7 Å². The molecule has 4 rings (SSSR count). The van der Waals surface area contributed by atoms with Gasteiger partial charge in [0.25, 0.3) is 0 Å². The fourth-order valence-corrected chi connectivity index (χ4v) is 3.73. The fourth-order valence-electron chi connectivity index (χ4n) is 3.73. The van der Waals surface area contributed by atoms with Crippen molar-refractivity contribution in [3.05, 3.63) is 77.5 Å². The van der Waals surface area contributed by atoms with E-state index in [4.69, 9.17) is 0 Å². The Kier molecular flexibility index (Phi) is 3.24.